The van der Waals surface area contributed by atoms with Crippen molar-refractivity contribution in [2.45, 2.75) is 55.9 Å². The topological polar surface area (TPSA) is 92.4 Å². The maximum Gasteiger partial charge on any atom is 0.319 e. The molecule has 0 radical (unpaired) electrons. The summed E-state index contributed by atoms with van der Waals surface area (Å²) < 4.78 is 52.6. The maximum absolute atomic E-state index is 16.8. The molecule has 0 aliphatic carbocycles. The van der Waals surface area contributed by atoms with Crippen LogP contribution in [0.15, 0.2) is 30.3 Å². The van der Waals surface area contributed by atoms with Crippen LogP contribution in [0, 0.1) is 11.6 Å². The second-order valence-corrected chi connectivity index (χ2v) is 12.8. The zero-order chi connectivity index (χ0) is 29.5. The Bertz CT molecular complexity index is 1760. The van der Waals surface area contributed by atoms with Crippen LogP contribution < -0.4 is 20.7 Å². The van der Waals surface area contributed by atoms with Gasteiger partial charge < -0.3 is 20.7 Å². The molecule has 4 fully saturated rings. The third-order valence-electron chi connectivity index (χ3n) is 9.65. The molecule has 4 atom stereocenters. The number of hydrogen-bond acceptors (Lipinski definition) is 8. The SMILES string of the molecule is Nc1cc2cccc(F)c2c(-c2c(Cl)cc3c(N4CC5CCC(C4)N5)nc(OC[C@@]45CCCN4C[C@H](F)C5)nc3c2F)n1. The van der Waals surface area contributed by atoms with E-state index in [0.717, 1.165) is 32.2 Å². The molecule has 6 heterocycles. The Morgan fingerprint density at radius 2 is 1.91 bits per heavy atom. The zero-order valence-corrected chi connectivity index (χ0v) is 24.2. The minimum Gasteiger partial charge on any atom is -0.461 e. The summed E-state index contributed by atoms with van der Waals surface area (Å²) in [5, 5.41) is 4.68. The summed E-state index contributed by atoms with van der Waals surface area (Å²) in [4.78, 5) is 18.0. The Kier molecular flexibility index (Phi) is 6.36. The Hall–Kier alpha value is -3.41. The van der Waals surface area contributed by atoms with Gasteiger partial charge in [-0.2, -0.15) is 9.97 Å². The molecule has 4 saturated heterocycles. The van der Waals surface area contributed by atoms with Crippen molar-refractivity contribution in [3.05, 3.63) is 47.0 Å². The van der Waals surface area contributed by atoms with Gasteiger partial charge in [0, 0.05) is 48.9 Å². The molecule has 12 heteroatoms. The van der Waals surface area contributed by atoms with Crippen molar-refractivity contribution in [2.24, 2.45) is 0 Å². The van der Waals surface area contributed by atoms with E-state index >= 15 is 8.78 Å². The van der Waals surface area contributed by atoms with Crippen molar-refractivity contribution in [1.82, 2.24) is 25.2 Å². The average molecular weight is 610 g/mol. The van der Waals surface area contributed by atoms with E-state index in [-0.39, 0.29) is 45.6 Å². The molecule has 2 unspecified atom stereocenters. The van der Waals surface area contributed by atoms with Gasteiger partial charge in [0.1, 0.15) is 35.7 Å². The van der Waals surface area contributed by atoms with Gasteiger partial charge in [0.05, 0.1) is 21.8 Å². The molecule has 4 aliphatic heterocycles. The standard InChI is InChI=1S/C31H31ClF3N7O/c32-21-10-20-27(26(35)25(21)28-24-16(9-23(36)38-28)3-1-4-22(24)34)39-30(40-29(20)41-13-18-5-6-19(14-41)37-18)43-15-31-7-2-8-42(31)12-17(33)11-31/h1,3-4,9-10,17-19,37H,2,5-8,11-15H2,(H2,36,38)/t17-,18?,19?,31+/m1/s1. The lowest BCUT2D eigenvalue weighted by Crippen LogP contribution is -2.51. The van der Waals surface area contributed by atoms with E-state index in [0.29, 0.717) is 54.7 Å². The van der Waals surface area contributed by atoms with E-state index in [9.17, 15) is 4.39 Å². The van der Waals surface area contributed by atoms with E-state index < -0.39 is 23.3 Å². The molecule has 2 aromatic carbocycles. The van der Waals surface area contributed by atoms with E-state index in [4.69, 9.17) is 27.1 Å². The van der Waals surface area contributed by atoms with Crippen LogP contribution >= 0.6 is 11.6 Å². The summed E-state index contributed by atoms with van der Waals surface area (Å²) in [7, 11) is 0. The first-order chi connectivity index (χ1) is 20.8. The highest BCUT2D eigenvalue weighted by Gasteiger charge is 2.49. The Morgan fingerprint density at radius 1 is 1.09 bits per heavy atom. The van der Waals surface area contributed by atoms with E-state index in [1.165, 1.54) is 12.1 Å². The number of benzene rings is 2. The fourth-order valence-corrected chi connectivity index (χ4v) is 8.05. The Labute approximate surface area is 251 Å². The van der Waals surface area contributed by atoms with E-state index in [1.54, 1.807) is 18.2 Å². The van der Waals surface area contributed by atoms with E-state index in [1.807, 2.05) is 0 Å². The molecule has 3 N–H and O–H groups in total. The number of fused-ring (bicyclic) bond motifs is 5. The van der Waals surface area contributed by atoms with Gasteiger partial charge >= 0.3 is 6.01 Å². The number of rotatable bonds is 5. The van der Waals surface area contributed by atoms with Gasteiger partial charge in [-0.15, -0.1) is 0 Å². The number of nitrogens with two attached hydrogens (primary N) is 1. The molecule has 224 valence electrons. The van der Waals surface area contributed by atoms with Crippen molar-refractivity contribution < 1.29 is 17.9 Å². The molecule has 2 bridgehead atoms. The fourth-order valence-electron chi connectivity index (χ4n) is 7.77. The number of alkyl halides is 1. The maximum atomic E-state index is 16.8. The minimum absolute atomic E-state index is 0.000720. The van der Waals surface area contributed by atoms with Gasteiger partial charge in [-0.25, -0.2) is 18.2 Å². The second kappa shape index (κ2) is 10.1. The van der Waals surface area contributed by atoms with Crippen molar-refractivity contribution in [2.75, 3.05) is 43.4 Å². The number of piperazine rings is 1. The number of aromatic nitrogens is 3. The number of nitrogens with one attached hydrogen (secondary N) is 1. The van der Waals surface area contributed by atoms with Crippen LogP contribution in [-0.2, 0) is 0 Å². The number of nitrogens with zero attached hydrogens (tertiary/aromatic N) is 5. The van der Waals surface area contributed by atoms with Crippen molar-refractivity contribution in [3.8, 4) is 17.3 Å². The Morgan fingerprint density at radius 3 is 2.72 bits per heavy atom. The molecular formula is C31H31ClF3N7O. The first kappa shape index (κ1) is 27.2. The van der Waals surface area contributed by atoms with Crippen molar-refractivity contribution in [1.29, 1.82) is 0 Å². The van der Waals surface area contributed by atoms with Crippen LogP contribution in [0.25, 0.3) is 32.9 Å². The molecule has 8 nitrogen and oxygen atoms in total. The third-order valence-corrected chi connectivity index (χ3v) is 9.95. The highest BCUT2D eigenvalue weighted by molar-refractivity contribution is 6.34. The monoisotopic (exact) mass is 609 g/mol. The zero-order valence-electron chi connectivity index (χ0n) is 23.4. The lowest BCUT2D eigenvalue weighted by Gasteiger charge is -2.34. The van der Waals surface area contributed by atoms with Crippen molar-refractivity contribution in [3.63, 3.8) is 0 Å². The van der Waals surface area contributed by atoms with Gasteiger partial charge in [-0.1, -0.05) is 23.7 Å². The molecule has 8 rings (SSSR count). The summed E-state index contributed by atoms with van der Waals surface area (Å²) in [5.41, 5.74) is 5.55. The molecule has 0 spiro atoms. The van der Waals surface area contributed by atoms with Gasteiger partial charge in [-0.05, 0) is 55.8 Å². The van der Waals surface area contributed by atoms with Crippen LogP contribution in [0.4, 0.5) is 24.8 Å². The molecule has 4 aromatic rings. The molecule has 43 heavy (non-hydrogen) atoms. The lowest BCUT2D eigenvalue weighted by molar-refractivity contribution is 0.107. The number of anilines is 2. The minimum atomic E-state index is -0.906. The lowest BCUT2D eigenvalue weighted by atomic mass is 9.95. The molecule has 0 amide bonds. The first-order valence-electron chi connectivity index (χ1n) is 14.9. The summed E-state index contributed by atoms with van der Waals surface area (Å²) >= 11 is 6.79. The van der Waals surface area contributed by atoms with Crippen LogP contribution in [0.2, 0.25) is 5.02 Å². The Balaban J connectivity index is 1.28. The average Bonchev–Trinajstić information content (AvgIpc) is 3.62. The summed E-state index contributed by atoms with van der Waals surface area (Å²) in [6, 6.07) is 8.30. The summed E-state index contributed by atoms with van der Waals surface area (Å²) in [6.45, 7) is 2.81. The normalized spacial score (nSPS) is 27.0. The number of pyridine rings is 1. The molecule has 4 aliphatic rings. The predicted molar refractivity (Wildman–Crippen MR) is 160 cm³/mol. The number of halogens is 4. The van der Waals surface area contributed by atoms with Crippen LogP contribution in [-0.4, -0.2) is 76.4 Å². The fraction of sp³-hybridized carbons (Fsp3) is 0.452. The highest BCUT2D eigenvalue weighted by atomic mass is 35.5. The number of hydrogen-bond donors (Lipinski definition) is 2. The summed E-state index contributed by atoms with van der Waals surface area (Å²) in [5.74, 6) is -0.696. The molecule has 0 saturated carbocycles. The van der Waals surface area contributed by atoms with Crippen LogP contribution in [0.3, 0.4) is 0 Å². The second-order valence-electron chi connectivity index (χ2n) is 12.4. The van der Waals surface area contributed by atoms with Gasteiger partial charge in [-0.3, -0.25) is 4.90 Å². The van der Waals surface area contributed by atoms with Gasteiger partial charge in [0.15, 0.2) is 5.82 Å². The number of nitrogen functional groups attached to an aromatic ring is 1. The predicted octanol–water partition coefficient (Wildman–Crippen LogP) is 5.25. The van der Waals surface area contributed by atoms with Crippen LogP contribution in [0.5, 0.6) is 6.01 Å². The van der Waals surface area contributed by atoms with Gasteiger partial charge in [0.25, 0.3) is 0 Å². The third kappa shape index (κ3) is 4.46. The van der Waals surface area contributed by atoms with Crippen LogP contribution in [0.1, 0.15) is 32.1 Å². The quantitative estimate of drug-likeness (QED) is 0.317. The largest absolute Gasteiger partial charge is 0.461 e. The molecular weight excluding hydrogens is 579 g/mol. The summed E-state index contributed by atoms with van der Waals surface area (Å²) in [6.07, 6.45) is 3.38. The van der Waals surface area contributed by atoms with Gasteiger partial charge in [0.2, 0.25) is 0 Å². The smallest absolute Gasteiger partial charge is 0.319 e. The highest BCUT2D eigenvalue weighted by Crippen LogP contribution is 2.43. The number of ether oxygens (including phenoxy) is 1. The molecule has 2 aromatic heterocycles. The first-order valence-corrected chi connectivity index (χ1v) is 15.2. The van der Waals surface area contributed by atoms with E-state index in [2.05, 4.69) is 25.1 Å². The van der Waals surface area contributed by atoms with Crippen molar-refractivity contribution >= 4 is 44.9 Å².